The number of rotatable bonds is 11. The number of nitrogens with one attached hydrogen (secondary N) is 1. The van der Waals surface area contributed by atoms with Gasteiger partial charge >= 0.3 is 5.97 Å². The summed E-state index contributed by atoms with van der Waals surface area (Å²) in [7, 11) is 0. The third-order valence-electron chi connectivity index (χ3n) is 12.6. The second-order valence-corrected chi connectivity index (χ2v) is 16.6. The number of carbonyl (C=O) groups is 2. The van der Waals surface area contributed by atoms with Crippen molar-refractivity contribution in [1.29, 1.82) is 0 Å². The van der Waals surface area contributed by atoms with Crippen molar-refractivity contribution in [3.05, 3.63) is 105 Å². The fraction of sp³-hybridized carbons (Fsp3) is 0.452. The summed E-state index contributed by atoms with van der Waals surface area (Å²) in [4.78, 5) is 42.1. The van der Waals surface area contributed by atoms with Gasteiger partial charge in [0.2, 0.25) is 0 Å². The Bertz CT molecular complexity index is 2450. The number of nitrogens with zero attached hydrogens (tertiary/aromatic N) is 9. The van der Waals surface area contributed by atoms with Crippen LogP contribution in [-0.2, 0) is 19.5 Å². The molecule has 0 spiro atoms. The van der Waals surface area contributed by atoms with Crippen LogP contribution in [-0.4, -0.2) is 77.7 Å². The number of fused-ring (bicyclic) bond motifs is 3. The van der Waals surface area contributed by atoms with Gasteiger partial charge in [0.1, 0.15) is 34.4 Å². The quantitative estimate of drug-likeness (QED) is 0.130. The highest BCUT2D eigenvalue weighted by atomic mass is 19.3. The second kappa shape index (κ2) is 15.5. The lowest BCUT2D eigenvalue weighted by molar-refractivity contribution is 0.0683. The van der Waals surface area contributed by atoms with E-state index in [9.17, 15) is 27.2 Å². The summed E-state index contributed by atoms with van der Waals surface area (Å²) in [6.07, 6.45) is 2.33. The molecule has 4 fully saturated rings. The molecule has 314 valence electrons. The molecule has 18 heteroatoms. The lowest BCUT2D eigenvalue weighted by Crippen LogP contribution is -2.27. The summed E-state index contributed by atoms with van der Waals surface area (Å²) in [5, 5.41) is 19.7. The smallest absolute Gasteiger partial charge is 0.339 e. The SMILES string of the molecule is Cc1nc(N2CC3CC3C2)ccc1Cn1cc(C(=O)N[C@@H]2CCc3c2ccnc3N)c(C(F)F)n1.Cc1nc(N2CC3CC3C2)ccc1Cn1cc(C(=O)O)c(C(F)F)n1. The average molecular weight is 828 g/mol. The molecule has 60 heavy (non-hydrogen) atoms. The van der Waals surface area contributed by atoms with E-state index >= 15 is 0 Å². The van der Waals surface area contributed by atoms with Crippen molar-refractivity contribution in [2.24, 2.45) is 23.7 Å². The Balaban J connectivity index is 0.000000163. The van der Waals surface area contributed by atoms with Gasteiger partial charge in [-0.25, -0.2) is 37.3 Å². The van der Waals surface area contributed by atoms with Crippen LogP contribution in [0.3, 0.4) is 0 Å². The van der Waals surface area contributed by atoms with Gasteiger partial charge in [0.05, 0.1) is 24.7 Å². The first-order valence-corrected chi connectivity index (χ1v) is 20.2. The lowest BCUT2D eigenvalue weighted by atomic mass is 10.1. The maximum atomic E-state index is 13.8. The number of aryl methyl sites for hydroxylation is 2. The number of hydrogen-bond acceptors (Lipinski definition) is 10. The van der Waals surface area contributed by atoms with Gasteiger partial charge in [-0.1, -0.05) is 12.1 Å². The zero-order valence-electron chi connectivity index (χ0n) is 33.1. The Labute approximate surface area is 342 Å². The van der Waals surface area contributed by atoms with E-state index in [0.29, 0.717) is 18.7 Å². The van der Waals surface area contributed by atoms with E-state index in [0.717, 1.165) is 101 Å². The Morgan fingerprint density at radius 3 is 1.75 bits per heavy atom. The number of carbonyl (C=O) groups excluding carboxylic acids is 1. The molecular weight excluding hydrogens is 783 g/mol. The van der Waals surface area contributed by atoms with Gasteiger partial charge in [0.25, 0.3) is 18.8 Å². The number of halogens is 4. The summed E-state index contributed by atoms with van der Waals surface area (Å²) in [6, 6.07) is 9.31. The molecule has 4 unspecified atom stereocenters. The van der Waals surface area contributed by atoms with Crippen molar-refractivity contribution in [2.75, 3.05) is 41.7 Å². The molecule has 14 nitrogen and oxygen atoms in total. The first kappa shape index (κ1) is 39.4. The molecular formula is C42H45F4N11O3. The number of piperidine rings is 2. The van der Waals surface area contributed by atoms with E-state index in [1.165, 1.54) is 28.4 Å². The Kier molecular flexibility index (Phi) is 10.2. The standard InChI is InChI=1S/C25H27F2N7O.C17H18F2N4O2/c1-13-14(2-5-21(30-13)33-9-15-8-16(15)10-33)11-34-12-19(22(32-34)23(26)27)25(35)31-20-4-3-18-17(20)6-7-29-24(18)28;1-9-10(2-3-14(20-9)22-5-11-4-12(11)6-22)7-23-8-13(17(24)25)15(21-23)16(18)19/h2,5-7,12,15-16,20,23H,3-4,8-11H2,1H3,(H2,28,29)(H,31,35);2-3,8,11-12,16H,4-7H2,1H3,(H,24,25)/t15?,16?,20-;/m1./s1. The third kappa shape index (κ3) is 7.86. The van der Waals surface area contributed by atoms with Gasteiger partial charge in [0, 0.05) is 56.2 Å². The second-order valence-electron chi connectivity index (χ2n) is 16.6. The van der Waals surface area contributed by atoms with E-state index < -0.39 is 41.7 Å². The molecule has 10 rings (SSSR count). The van der Waals surface area contributed by atoms with Crippen molar-refractivity contribution in [3.8, 4) is 0 Å². The minimum Gasteiger partial charge on any atom is -0.478 e. The molecule has 5 aromatic heterocycles. The van der Waals surface area contributed by atoms with Gasteiger partial charge < -0.3 is 26.0 Å². The number of amides is 1. The molecule has 3 aliphatic carbocycles. The summed E-state index contributed by atoms with van der Waals surface area (Å²) in [5.74, 6) is 3.61. The topological polar surface area (TPSA) is 173 Å². The first-order valence-electron chi connectivity index (χ1n) is 20.2. The first-order chi connectivity index (χ1) is 28.8. The fourth-order valence-electron chi connectivity index (χ4n) is 9.01. The van der Waals surface area contributed by atoms with Gasteiger partial charge in [-0.2, -0.15) is 10.2 Å². The van der Waals surface area contributed by atoms with E-state index in [-0.39, 0.29) is 24.7 Å². The van der Waals surface area contributed by atoms with Crippen LogP contribution in [0.5, 0.6) is 0 Å². The van der Waals surface area contributed by atoms with Crippen molar-refractivity contribution in [1.82, 2.24) is 39.8 Å². The number of nitrogens with two attached hydrogens (primary N) is 1. The van der Waals surface area contributed by atoms with Gasteiger partial charge in [-0.3, -0.25) is 14.2 Å². The Hall–Kier alpha value is -6.07. The summed E-state index contributed by atoms with van der Waals surface area (Å²) < 4.78 is 56.1. The molecule has 2 saturated heterocycles. The van der Waals surface area contributed by atoms with E-state index in [4.69, 9.17) is 15.8 Å². The van der Waals surface area contributed by atoms with Crippen LogP contribution in [0.4, 0.5) is 35.0 Å². The molecule has 0 bridgehead atoms. The molecule has 0 radical (unpaired) electrons. The summed E-state index contributed by atoms with van der Waals surface area (Å²) in [5.41, 5.74) is 9.25. The van der Waals surface area contributed by atoms with Crippen LogP contribution in [0.2, 0.25) is 0 Å². The predicted molar refractivity (Wildman–Crippen MR) is 212 cm³/mol. The monoisotopic (exact) mass is 827 g/mol. The van der Waals surface area contributed by atoms with Crippen LogP contribution in [0.15, 0.2) is 48.9 Å². The summed E-state index contributed by atoms with van der Waals surface area (Å²) >= 11 is 0. The fourth-order valence-corrected chi connectivity index (χ4v) is 9.01. The highest BCUT2D eigenvalue weighted by molar-refractivity contribution is 5.95. The van der Waals surface area contributed by atoms with E-state index in [1.807, 2.05) is 44.2 Å². The number of carboxylic acids is 1. The molecule has 0 aromatic carbocycles. The molecule has 2 aliphatic heterocycles. The summed E-state index contributed by atoms with van der Waals surface area (Å²) in [6.45, 7) is 8.46. The molecule has 5 aliphatic rings. The van der Waals surface area contributed by atoms with E-state index in [1.54, 1.807) is 6.20 Å². The van der Waals surface area contributed by atoms with Crippen molar-refractivity contribution >= 4 is 29.3 Å². The molecule has 2 saturated carbocycles. The average Bonchev–Trinajstić information content (AvgIpc) is 3.68. The number of nitrogen functional groups attached to an aromatic ring is 1. The Morgan fingerprint density at radius 2 is 1.28 bits per heavy atom. The van der Waals surface area contributed by atoms with Crippen LogP contribution >= 0.6 is 0 Å². The molecule has 7 heterocycles. The normalized spacial score (nSPS) is 22.1. The van der Waals surface area contributed by atoms with Crippen molar-refractivity contribution in [3.63, 3.8) is 0 Å². The van der Waals surface area contributed by atoms with Crippen LogP contribution in [0.25, 0.3) is 0 Å². The van der Waals surface area contributed by atoms with Gasteiger partial charge in [-0.05, 0) is 104 Å². The molecule has 5 atom stereocenters. The van der Waals surface area contributed by atoms with Gasteiger partial charge in [-0.15, -0.1) is 0 Å². The van der Waals surface area contributed by atoms with Crippen molar-refractivity contribution < 1.29 is 32.3 Å². The van der Waals surface area contributed by atoms with Crippen LogP contribution < -0.4 is 20.9 Å². The lowest BCUT2D eigenvalue weighted by Gasteiger charge is -2.20. The number of pyridine rings is 3. The number of alkyl halides is 4. The predicted octanol–water partition coefficient (Wildman–Crippen LogP) is 6.15. The Morgan fingerprint density at radius 1 is 0.783 bits per heavy atom. The molecule has 1 amide bonds. The number of aromatic carboxylic acids is 1. The van der Waals surface area contributed by atoms with Gasteiger partial charge in [0.15, 0.2) is 0 Å². The minimum absolute atomic E-state index is 0.117. The number of anilines is 3. The van der Waals surface area contributed by atoms with Crippen molar-refractivity contribution in [2.45, 2.75) is 71.5 Å². The molecule has 4 N–H and O–H groups in total. The number of carboxylic acid groups (broad SMARTS) is 1. The zero-order chi connectivity index (χ0) is 42.0. The maximum absolute atomic E-state index is 13.8. The zero-order valence-corrected chi connectivity index (χ0v) is 33.1. The number of aromatic nitrogens is 7. The highest BCUT2D eigenvalue weighted by Crippen LogP contribution is 2.47. The minimum atomic E-state index is -2.92. The highest BCUT2D eigenvalue weighted by Gasteiger charge is 2.46. The third-order valence-corrected chi connectivity index (χ3v) is 12.6. The largest absolute Gasteiger partial charge is 0.478 e. The van der Waals surface area contributed by atoms with E-state index in [2.05, 4.69) is 35.3 Å². The van der Waals surface area contributed by atoms with Crippen LogP contribution in [0.1, 0.15) is 104 Å². The number of hydrogen-bond donors (Lipinski definition) is 3. The maximum Gasteiger partial charge on any atom is 0.339 e. The molecule has 5 aromatic rings. The van der Waals surface area contributed by atoms with Crippen LogP contribution in [0, 0.1) is 37.5 Å².